The third-order valence-corrected chi connectivity index (χ3v) is 4.26. The van der Waals surface area contributed by atoms with Crippen molar-refractivity contribution in [2.75, 3.05) is 5.75 Å². The van der Waals surface area contributed by atoms with Crippen LogP contribution in [0.15, 0.2) is 24.5 Å². The molecule has 1 atom stereocenters. The van der Waals surface area contributed by atoms with E-state index >= 15 is 0 Å². The van der Waals surface area contributed by atoms with Crippen LogP contribution in [0, 0.1) is 0 Å². The second kappa shape index (κ2) is 6.05. The van der Waals surface area contributed by atoms with E-state index < -0.39 is 0 Å². The molecule has 1 aromatic heterocycles. The molecule has 4 heteroatoms. The highest BCUT2D eigenvalue weighted by Gasteiger charge is 2.30. The third-order valence-electron chi connectivity index (χ3n) is 2.97. The smallest absolute Gasteiger partial charge is 0.233 e. The Hall–Kier alpha value is -1.03. The number of aromatic nitrogens is 1. The zero-order valence-electron chi connectivity index (χ0n) is 10.1. The Labute approximate surface area is 107 Å². The molecule has 1 aliphatic rings. The van der Waals surface area contributed by atoms with Crippen LogP contribution >= 0.6 is 11.8 Å². The van der Waals surface area contributed by atoms with Gasteiger partial charge < -0.3 is 4.90 Å². The average Bonchev–Trinajstić information content (AvgIpc) is 2.70. The summed E-state index contributed by atoms with van der Waals surface area (Å²) in [6, 6.07) is 3.96. The fraction of sp³-hybridized carbons (Fsp3) is 0.538. The molecule has 1 fully saturated rings. The van der Waals surface area contributed by atoms with Crippen LogP contribution in [-0.2, 0) is 11.3 Å². The number of amides is 1. The van der Waals surface area contributed by atoms with Gasteiger partial charge in [0.05, 0.1) is 11.1 Å². The van der Waals surface area contributed by atoms with Gasteiger partial charge in [0.1, 0.15) is 0 Å². The lowest BCUT2D eigenvalue weighted by atomic mass is 10.2. The quantitative estimate of drug-likeness (QED) is 0.805. The van der Waals surface area contributed by atoms with Crippen LogP contribution in [0.5, 0.6) is 0 Å². The minimum atomic E-state index is 0.271. The molecule has 0 bridgehead atoms. The Balaban J connectivity index is 1.99. The summed E-state index contributed by atoms with van der Waals surface area (Å²) in [7, 11) is 0. The predicted octanol–water partition coefficient (Wildman–Crippen LogP) is 2.67. The maximum atomic E-state index is 11.8. The first-order valence-corrected chi connectivity index (χ1v) is 7.16. The largest absolute Gasteiger partial charge is 0.326 e. The van der Waals surface area contributed by atoms with E-state index in [1.54, 1.807) is 24.2 Å². The Morgan fingerprint density at radius 3 is 2.94 bits per heavy atom. The lowest BCUT2D eigenvalue weighted by molar-refractivity contribution is -0.128. The van der Waals surface area contributed by atoms with E-state index in [0.717, 1.165) is 18.5 Å². The van der Waals surface area contributed by atoms with E-state index in [1.165, 1.54) is 12.8 Å². The molecule has 3 nitrogen and oxygen atoms in total. The summed E-state index contributed by atoms with van der Waals surface area (Å²) < 4.78 is 0. The zero-order chi connectivity index (χ0) is 12.1. The van der Waals surface area contributed by atoms with Gasteiger partial charge in [-0.15, -0.1) is 11.8 Å². The van der Waals surface area contributed by atoms with Crippen LogP contribution in [-0.4, -0.2) is 26.9 Å². The van der Waals surface area contributed by atoms with Gasteiger partial charge in [-0.3, -0.25) is 9.78 Å². The molecule has 0 radical (unpaired) electrons. The van der Waals surface area contributed by atoms with Gasteiger partial charge in [-0.2, -0.15) is 0 Å². The van der Waals surface area contributed by atoms with Crippen molar-refractivity contribution >= 4 is 17.7 Å². The molecule has 2 rings (SSSR count). The van der Waals surface area contributed by atoms with Gasteiger partial charge in [0.15, 0.2) is 0 Å². The first-order chi connectivity index (χ1) is 8.31. The van der Waals surface area contributed by atoms with Crippen LogP contribution in [0.2, 0.25) is 0 Å². The minimum Gasteiger partial charge on any atom is -0.326 e. The number of hydrogen-bond acceptors (Lipinski definition) is 3. The molecule has 0 spiro atoms. The number of unbranched alkanes of at least 4 members (excludes halogenated alkanes) is 1. The van der Waals surface area contributed by atoms with E-state index in [0.29, 0.717) is 11.1 Å². The summed E-state index contributed by atoms with van der Waals surface area (Å²) in [5, 5.41) is 0.371. The van der Waals surface area contributed by atoms with Gasteiger partial charge in [-0.1, -0.05) is 19.8 Å². The van der Waals surface area contributed by atoms with Crippen molar-refractivity contribution in [3.63, 3.8) is 0 Å². The number of rotatable bonds is 5. The molecule has 2 heterocycles. The number of carbonyl (C=O) groups excluding carboxylic acids is 1. The Morgan fingerprint density at radius 1 is 1.47 bits per heavy atom. The topological polar surface area (TPSA) is 33.2 Å². The molecule has 1 aliphatic heterocycles. The van der Waals surface area contributed by atoms with Gasteiger partial charge in [0.2, 0.25) is 5.91 Å². The maximum Gasteiger partial charge on any atom is 0.233 e. The second-order valence-corrected chi connectivity index (χ2v) is 5.45. The Bertz CT molecular complexity index is 369. The molecule has 0 aromatic carbocycles. The van der Waals surface area contributed by atoms with Gasteiger partial charge >= 0.3 is 0 Å². The average molecular weight is 250 g/mol. The number of carbonyl (C=O) groups is 1. The van der Waals surface area contributed by atoms with E-state index in [9.17, 15) is 4.79 Å². The summed E-state index contributed by atoms with van der Waals surface area (Å²) in [4.78, 5) is 17.9. The highest BCUT2D eigenvalue weighted by molar-refractivity contribution is 8.00. The molecular weight excluding hydrogens is 232 g/mol. The second-order valence-electron chi connectivity index (χ2n) is 4.28. The van der Waals surface area contributed by atoms with Crippen molar-refractivity contribution in [2.45, 2.75) is 38.1 Å². The number of hydrogen-bond donors (Lipinski definition) is 0. The van der Waals surface area contributed by atoms with Crippen LogP contribution in [0.25, 0.3) is 0 Å². The normalized spacial score (nSPS) is 19.9. The Kier molecular flexibility index (Phi) is 4.42. The lowest BCUT2D eigenvalue weighted by Gasteiger charge is -2.23. The maximum absolute atomic E-state index is 11.8. The van der Waals surface area contributed by atoms with Crippen molar-refractivity contribution in [2.24, 2.45) is 0 Å². The Morgan fingerprint density at radius 2 is 2.24 bits per heavy atom. The molecular formula is C13H18N2OS. The summed E-state index contributed by atoms with van der Waals surface area (Å²) in [5.74, 6) is 0.910. The predicted molar refractivity (Wildman–Crippen MR) is 70.6 cm³/mol. The van der Waals surface area contributed by atoms with Crippen molar-refractivity contribution in [1.29, 1.82) is 0 Å². The fourth-order valence-corrected chi connectivity index (χ4v) is 3.20. The van der Waals surface area contributed by atoms with Crippen LogP contribution in [0.3, 0.4) is 0 Å². The van der Waals surface area contributed by atoms with Crippen LogP contribution in [0.1, 0.15) is 31.7 Å². The standard InChI is InChI=1S/C13H18N2OS/c1-2-3-4-13-15(12(16)10-17-13)9-11-5-7-14-8-6-11/h5-8,13H,2-4,9-10H2,1H3. The van der Waals surface area contributed by atoms with Crippen LogP contribution < -0.4 is 0 Å². The van der Waals surface area contributed by atoms with E-state index in [-0.39, 0.29) is 5.91 Å². The lowest BCUT2D eigenvalue weighted by Crippen LogP contribution is -2.32. The van der Waals surface area contributed by atoms with E-state index in [4.69, 9.17) is 0 Å². The highest BCUT2D eigenvalue weighted by atomic mass is 32.2. The number of pyridine rings is 1. The summed E-state index contributed by atoms with van der Waals surface area (Å²) in [6.45, 7) is 2.91. The molecule has 1 saturated heterocycles. The van der Waals surface area contributed by atoms with Crippen molar-refractivity contribution in [3.05, 3.63) is 30.1 Å². The minimum absolute atomic E-state index is 0.271. The van der Waals surface area contributed by atoms with E-state index in [2.05, 4.69) is 11.9 Å². The van der Waals surface area contributed by atoms with Gasteiger partial charge in [-0.25, -0.2) is 0 Å². The molecule has 0 N–H and O–H groups in total. The SMILES string of the molecule is CCCCC1SCC(=O)N1Cc1ccncc1. The molecule has 17 heavy (non-hydrogen) atoms. The fourth-order valence-electron chi connectivity index (χ4n) is 1.99. The first-order valence-electron chi connectivity index (χ1n) is 6.11. The van der Waals surface area contributed by atoms with Crippen LogP contribution in [0.4, 0.5) is 0 Å². The number of nitrogens with zero attached hydrogens (tertiary/aromatic N) is 2. The molecule has 1 amide bonds. The van der Waals surface area contributed by atoms with Crippen molar-refractivity contribution in [1.82, 2.24) is 9.88 Å². The summed E-state index contributed by atoms with van der Waals surface area (Å²) in [6.07, 6.45) is 7.05. The monoisotopic (exact) mass is 250 g/mol. The highest BCUT2D eigenvalue weighted by Crippen LogP contribution is 2.30. The third kappa shape index (κ3) is 3.22. The number of thioether (sulfide) groups is 1. The summed E-state index contributed by atoms with van der Waals surface area (Å²) in [5.41, 5.74) is 1.16. The van der Waals surface area contributed by atoms with Gasteiger partial charge in [0, 0.05) is 18.9 Å². The molecule has 0 aliphatic carbocycles. The molecule has 1 unspecified atom stereocenters. The first kappa shape index (κ1) is 12.4. The van der Waals surface area contributed by atoms with Gasteiger partial charge in [0.25, 0.3) is 0 Å². The summed E-state index contributed by atoms with van der Waals surface area (Å²) >= 11 is 1.78. The van der Waals surface area contributed by atoms with E-state index in [1.807, 2.05) is 17.0 Å². The molecule has 0 saturated carbocycles. The van der Waals surface area contributed by atoms with Crippen molar-refractivity contribution < 1.29 is 4.79 Å². The molecule has 92 valence electrons. The molecule has 1 aromatic rings. The van der Waals surface area contributed by atoms with Gasteiger partial charge in [-0.05, 0) is 24.1 Å². The van der Waals surface area contributed by atoms with Crippen molar-refractivity contribution in [3.8, 4) is 0 Å². The zero-order valence-corrected chi connectivity index (χ0v) is 10.9.